The molecule has 170 valence electrons. The molecule has 0 radical (unpaired) electrons. The zero-order chi connectivity index (χ0) is 23.5. The van der Waals surface area contributed by atoms with Crippen molar-refractivity contribution in [2.45, 2.75) is 12.5 Å². The van der Waals surface area contributed by atoms with Crippen molar-refractivity contribution in [3.8, 4) is 21.7 Å². The van der Waals surface area contributed by atoms with Crippen LogP contribution in [-0.4, -0.2) is 28.3 Å². The van der Waals surface area contributed by atoms with Crippen molar-refractivity contribution in [2.75, 3.05) is 6.54 Å². The monoisotopic (exact) mass is 502 g/mol. The summed E-state index contributed by atoms with van der Waals surface area (Å²) in [6, 6.07) is 15.1. The van der Waals surface area contributed by atoms with Crippen molar-refractivity contribution in [1.29, 1.82) is 0 Å². The molecule has 0 saturated carbocycles. The average Bonchev–Trinajstić information content (AvgIpc) is 3.34. The van der Waals surface area contributed by atoms with Crippen LogP contribution < -0.4 is 11.1 Å². The molecule has 33 heavy (non-hydrogen) atoms. The standard InChI is InChI=1S/C24H21Cl2FN4OS/c1-31-22(20(25)13-29-31)19-11-21(33-23(19)26)17-7-2-3-8-18(17)24(32)30-16(12-28)10-14-5-4-6-15(27)9-14/h2-9,11,13,16H,10,12,28H2,1H3,(H,30,32)/t16-/m0/s1. The second-order valence-corrected chi connectivity index (χ2v) is 9.61. The molecule has 4 rings (SSSR count). The van der Waals surface area contributed by atoms with Crippen LogP contribution in [0.5, 0.6) is 0 Å². The molecule has 0 aliphatic carbocycles. The Morgan fingerprint density at radius 2 is 1.97 bits per heavy atom. The number of carbonyl (C=O) groups excluding carboxylic acids is 1. The molecule has 2 aromatic carbocycles. The zero-order valence-electron chi connectivity index (χ0n) is 17.7. The molecule has 1 atom stereocenters. The maximum atomic E-state index is 13.5. The van der Waals surface area contributed by atoms with Gasteiger partial charge in [-0.3, -0.25) is 9.48 Å². The fraction of sp³-hybridized carbons (Fsp3) is 0.167. The Morgan fingerprint density at radius 3 is 2.67 bits per heavy atom. The molecule has 2 aromatic heterocycles. The number of amides is 1. The molecule has 4 aromatic rings. The maximum Gasteiger partial charge on any atom is 0.252 e. The number of carbonyl (C=O) groups is 1. The number of aromatic nitrogens is 2. The first-order chi connectivity index (χ1) is 15.9. The first-order valence-corrected chi connectivity index (χ1v) is 11.8. The van der Waals surface area contributed by atoms with Gasteiger partial charge in [0.15, 0.2) is 0 Å². The molecule has 3 N–H and O–H groups in total. The van der Waals surface area contributed by atoms with Crippen molar-refractivity contribution in [1.82, 2.24) is 15.1 Å². The number of nitrogens with one attached hydrogen (secondary N) is 1. The van der Waals surface area contributed by atoms with E-state index in [1.165, 1.54) is 23.5 Å². The van der Waals surface area contributed by atoms with Gasteiger partial charge in [-0.05, 0) is 36.2 Å². The highest BCUT2D eigenvalue weighted by molar-refractivity contribution is 7.20. The van der Waals surface area contributed by atoms with Crippen LogP contribution in [0.2, 0.25) is 9.36 Å². The summed E-state index contributed by atoms with van der Waals surface area (Å²) in [5.74, 6) is -0.582. The third-order valence-corrected chi connectivity index (χ3v) is 6.93. The van der Waals surface area contributed by atoms with E-state index in [0.29, 0.717) is 27.0 Å². The molecular weight excluding hydrogens is 482 g/mol. The predicted molar refractivity (Wildman–Crippen MR) is 132 cm³/mol. The normalized spacial score (nSPS) is 12.0. The van der Waals surface area contributed by atoms with E-state index in [2.05, 4.69) is 10.4 Å². The minimum Gasteiger partial charge on any atom is -0.348 e. The molecule has 0 saturated heterocycles. The van der Waals surface area contributed by atoms with E-state index in [1.807, 2.05) is 24.3 Å². The first-order valence-electron chi connectivity index (χ1n) is 10.2. The van der Waals surface area contributed by atoms with Gasteiger partial charge in [0.05, 0.1) is 16.9 Å². The average molecular weight is 503 g/mol. The van der Waals surface area contributed by atoms with E-state index in [9.17, 15) is 9.18 Å². The van der Waals surface area contributed by atoms with Gasteiger partial charge in [0, 0.05) is 41.2 Å². The van der Waals surface area contributed by atoms with Crippen molar-refractivity contribution in [3.05, 3.63) is 87.1 Å². The largest absolute Gasteiger partial charge is 0.348 e. The van der Waals surface area contributed by atoms with Crippen molar-refractivity contribution >= 4 is 40.4 Å². The van der Waals surface area contributed by atoms with Crippen LogP contribution in [0.4, 0.5) is 4.39 Å². The van der Waals surface area contributed by atoms with Crippen LogP contribution in [-0.2, 0) is 13.5 Å². The predicted octanol–water partition coefficient (Wildman–Crippen LogP) is 5.56. The van der Waals surface area contributed by atoms with Crippen LogP contribution in [0.1, 0.15) is 15.9 Å². The van der Waals surface area contributed by atoms with E-state index < -0.39 is 0 Å². The van der Waals surface area contributed by atoms with Gasteiger partial charge >= 0.3 is 0 Å². The van der Waals surface area contributed by atoms with Crippen molar-refractivity contribution < 1.29 is 9.18 Å². The highest BCUT2D eigenvalue weighted by Crippen LogP contribution is 2.43. The summed E-state index contributed by atoms with van der Waals surface area (Å²) in [7, 11) is 1.79. The Kier molecular flexibility index (Phi) is 7.14. The quantitative estimate of drug-likeness (QED) is 0.347. The third kappa shape index (κ3) is 5.12. The summed E-state index contributed by atoms with van der Waals surface area (Å²) in [5.41, 5.74) is 9.37. The Hall–Kier alpha value is -2.71. The highest BCUT2D eigenvalue weighted by Gasteiger charge is 2.21. The number of hydrogen-bond donors (Lipinski definition) is 2. The van der Waals surface area contributed by atoms with E-state index >= 15 is 0 Å². The topological polar surface area (TPSA) is 72.9 Å². The number of nitrogens with zero attached hydrogens (tertiary/aromatic N) is 2. The summed E-state index contributed by atoms with van der Waals surface area (Å²) in [5, 5.41) is 7.65. The fourth-order valence-corrected chi connectivity index (χ4v) is 5.26. The number of halogens is 3. The van der Waals surface area contributed by atoms with E-state index in [-0.39, 0.29) is 24.3 Å². The molecule has 1 amide bonds. The molecule has 0 spiro atoms. The summed E-state index contributed by atoms with van der Waals surface area (Å²) in [4.78, 5) is 14.0. The Bertz CT molecular complexity index is 1280. The van der Waals surface area contributed by atoms with Gasteiger partial charge in [0.1, 0.15) is 10.2 Å². The lowest BCUT2D eigenvalue weighted by Gasteiger charge is -2.18. The second kappa shape index (κ2) is 10.1. The Balaban J connectivity index is 1.61. The van der Waals surface area contributed by atoms with Crippen LogP contribution in [0, 0.1) is 5.82 Å². The highest BCUT2D eigenvalue weighted by atomic mass is 35.5. The lowest BCUT2D eigenvalue weighted by Crippen LogP contribution is -2.41. The van der Waals surface area contributed by atoms with E-state index in [1.54, 1.807) is 36.1 Å². The number of thiophene rings is 1. The lowest BCUT2D eigenvalue weighted by atomic mass is 10.0. The molecule has 5 nitrogen and oxygen atoms in total. The minimum absolute atomic E-state index is 0.221. The molecular formula is C24H21Cl2FN4OS. The fourth-order valence-electron chi connectivity index (χ4n) is 3.68. The Morgan fingerprint density at radius 1 is 1.18 bits per heavy atom. The number of hydrogen-bond acceptors (Lipinski definition) is 4. The number of benzene rings is 2. The number of aryl methyl sites for hydroxylation is 1. The van der Waals surface area contributed by atoms with Crippen molar-refractivity contribution in [2.24, 2.45) is 12.8 Å². The minimum atomic E-state index is -0.344. The number of nitrogens with two attached hydrogens (primary N) is 1. The van der Waals surface area contributed by atoms with Crippen LogP contribution in [0.3, 0.4) is 0 Å². The Labute approximate surface area is 204 Å². The van der Waals surface area contributed by atoms with Gasteiger partial charge in [-0.15, -0.1) is 11.3 Å². The van der Waals surface area contributed by atoms with Gasteiger partial charge in [-0.2, -0.15) is 5.10 Å². The SMILES string of the molecule is Cn1ncc(Cl)c1-c1cc(-c2ccccc2C(=O)N[C@H](CN)Cc2cccc(F)c2)sc1Cl. The lowest BCUT2D eigenvalue weighted by molar-refractivity contribution is 0.0938. The van der Waals surface area contributed by atoms with E-state index in [4.69, 9.17) is 28.9 Å². The van der Waals surface area contributed by atoms with Crippen LogP contribution >= 0.6 is 34.5 Å². The van der Waals surface area contributed by atoms with Gasteiger partial charge < -0.3 is 11.1 Å². The summed E-state index contributed by atoms with van der Waals surface area (Å²) < 4.78 is 15.8. The molecule has 0 unspecified atom stereocenters. The summed E-state index contributed by atoms with van der Waals surface area (Å²) in [6.45, 7) is 0.221. The molecule has 0 bridgehead atoms. The molecule has 0 fully saturated rings. The second-order valence-electron chi connectivity index (χ2n) is 7.55. The van der Waals surface area contributed by atoms with Gasteiger partial charge in [0.25, 0.3) is 5.91 Å². The first kappa shape index (κ1) is 23.4. The zero-order valence-corrected chi connectivity index (χ0v) is 20.0. The third-order valence-electron chi connectivity index (χ3n) is 5.26. The van der Waals surface area contributed by atoms with Crippen LogP contribution in [0.25, 0.3) is 21.7 Å². The summed E-state index contributed by atoms with van der Waals surface area (Å²) >= 11 is 14.2. The van der Waals surface area contributed by atoms with Gasteiger partial charge in [-0.25, -0.2) is 4.39 Å². The molecule has 0 aliphatic rings. The number of rotatable bonds is 7. The smallest absolute Gasteiger partial charge is 0.252 e. The van der Waals surface area contributed by atoms with Gasteiger partial charge in [-0.1, -0.05) is 53.5 Å². The maximum absolute atomic E-state index is 13.5. The summed E-state index contributed by atoms with van der Waals surface area (Å²) in [6.07, 6.45) is 1.99. The molecule has 0 aliphatic heterocycles. The van der Waals surface area contributed by atoms with Crippen LogP contribution in [0.15, 0.2) is 60.8 Å². The molecule has 2 heterocycles. The van der Waals surface area contributed by atoms with Crippen molar-refractivity contribution in [3.63, 3.8) is 0 Å². The van der Waals surface area contributed by atoms with E-state index in [0.717, 1.165) is 21.6 Å². The van der Waals surface area contributed by atoms with Gasteiger partial charge in [0.2, 0.25) is 0 Å². The molecule has 9 heteroatoms.